The standard InChI is InChI=1S/C36H39NO5/c1-22-18-26(19-31(23(22)2)34(38)39)32-20-27(41-33-17-10-9-15-30(32)33)21-37(35(40)42-36(4,5)6)24(3)28-16-11-13-25-12-7-8-14-29(25)28/h7-19,24,27,32H,20-21H2,1-6H3,(H,38,39)/t24-,27-,32?/m1/s1. The maximum Gasteiger partial charge on any atom is 0.410 e. The summed E-state index contributed by atoms with van der Waals surface area (Å²) in [7, 11) is 0. The summed E-state index contributed by atoms with van der Waals surface area (Å²) in [5.41, 5.74) is 4.33. The van der Waals surface area contributed by atoms with Gasteiger partial charge in [0.2, 0.25) is 0 Å². The van der Waals surface area contributed by atoms with Gasteiger partial charge in [0.25, 0.3) is 0 Å². The number of fused-ring (bicyclic) bond motifs is 2. The number of hydrogen-bond donors (Lipinski definition) is 1. The largest absolute Gasteiger partial charge is 0.488 e. The summed E-state index contributed by atoms with van der Waals surface area (Å²) in [6, 6.07) is 25.8. The Kier molecular flexibility index (Phi) is 8.00. The van der Waals surface area contributed by atoms with Crippen LogP contribution in [0.5, 0.6) is 5.75 Å². The van der Waals surface area contributed by atoms with Gasteiger partial charge in [0.1, 0.15) is 17.5 Å². The Hall–Kier alpha value is -4.32. The minimum absolute atomic E-state index is 0.0919. The maximum atomic E-state index is 13.8. The number of aromatic carboxylic acids is 1. The highest BCUT2D eigenvalue weighted by Crippen LogP contribution is 2.42. The molecule has 1 unspecified atom stereocenters. The number of para-hydroxylation sites is 1. The van der Waals surface area contributed by atoms with Gasteiger partial charge in [-0.3, -0.25) is 4.90 Å². The van der Waals surface area contributed by atoms with Crippen LogP contribution in [-0.4, -0.2) is 40.3 Å². The van der Waals surface area contributed by atoms with E-state index in [9.17, 15) is 14.7 Å². The molecule has 218 valence electrons. The molecule has 0 bridgehead atoms. The Labute approximate surface area is 247 Å². The van der Waals surface area contributed by atoms with Gasteiger partial charge in [0.15, 0.2) is 0 Å². The molecule has 0 aromatic heterocycles. The lowest BCUT2D eigenvalue weighted by molar-refractivity contribution is 0.00569. The van der Waals surface area contributed by atoms with Crippen LogP contribution >= 0.6 is 0 Å². The molecule has 1 N–H and O–H groups in total. The first kappa shape index (κ1) is 29.2. The molecule has 1 heterocycles. The predicted molar refractivity (Wildman–Crippen MR) is 165 cm³/mol. The van der Waals surface area contributed by atoms with E-state index < -0.39 is 17.7 Å². The predicted octanol–water partition coefficient (Wildman–Crippen LogP) is 8.44. The van der Waals surface area contributed by atoms with Crippen molar-refractivity contribution in [3.8, 4) is 5.75 Å². The van der Waals surface area contributed by atoms with Crippen molar-refractivity contribution in [2.24, 2.45) is 0 Å². The number of carboxylic acids is 1. The van der Waals surface area contributed by atoms with E-state index in [1.165, 1.54) is 0 Å². The highest BCUT2D eigenvalue weighted by Gasteiger charge is 2.35. The van der Waals surface area contributed by atoms with Crippen LogP contribution in [0.1, 0.15) is 84.3 Å². The van der Waals surface area contributed by atoms with E-state index in [1.807, 2.05) is 84.0 Å². The van der Waals surface area contributed by atoms with Gasteiger partial charge in [0.05, 0.1) is 18.2 Å². The van der Waals surface area contributed by atoms with Crippen LogP contribution in [0.2, 0.25) is 0 Å². The van der Waals surface area contributed by atoms with E-state index in [4.69, 9.17) is 9.47 Å². The van der Waals surface area contributed by atoms with Gasteiger partial charge in [-0.05, 0) is 93.1 Å². The summed E-state index contributed by atoms with van der Waals surface area (Å²) < 4.78 is 12.4. The molecule has 0 spiro atoms. The number of carboxylic acid groups (broad SMARTS) is 1. The minimum atomic E-state index is -0.936. The van der Waals surface area contributed by atoms with Gasteiger partial charge in [-0.25, -0.2) is 9.59 Å². The number of ether oxygens (including phenoxy) is 2. The molecule has 3 atom stereocenters. The average Bonchev–Trinajstić information content (AvgIpc) is 2.95. The first-order valence-electron chi connectivity index (χ1n) is 14.5. The molecule has 4 aromatic rings. The molecule has 1 amide bonds. The highest BCUT2D eigenvalue weighted by atomic mass is 16.6. The quantitative estimate of drug-likeness (QED) is 0.254. The highest BCUT2D eigenvalue weighted by molar-refractivity contribution is 5.90. The van der Waals surface area contributed by atoms with Crippen molar-refractivity contribution in [1.29, 1.82) is 0 Å². The summed E-state index contributed by atoms with van der Waals surface area (Å²) in [4.78, 5) is 27.6. The van der Waals surface area contributed by atoms with Gasteiger partial charge in [0, 0.05) is 11.5 Å². The molecule has 5 rings (SSSR count). The summed E-state index contributed by atoms with van der Waals surface area (Å²) in [5.74, 6) is -0.282. The van der Waals surface area contributed by atoms with Crippen molar-refractivity contribution < 1.29 is 24.2 Å². The van der Waals surface area contributed by atoms with Gasteiger partial charge in [-0.15, -0.1) is 0 Å². The Balaban J connectivity index is 1.53. The van der Waals surface area contributed by atoms with Crippen molar-refractivity contribution >= 4 is 22.8 Å². The van der Waals surface area contributed by atoms with Crippen molar-refractivity contribution in [3.63, 3.8) is 0 Å². The maximum absolute atomic E-state index is 13.8. The smallest absolute Gasteiger partial charge is 0.410 e. The Bertz CT molecular complexity index is 1630. The lowest BCUT2D eigenvalue weighted by atomic mass is 9.82. The fraction of sp³-hybridized carbons (Fsp3) is 0.333. The molecule has 4 aromatic carbocycles. The van der Waals surface area contributed by atoms with E-state index in [-0.39, 0.29) is 18.1 Å². The molecular weight excluding hydrogens is 526 g/mol. The summed E-state index contributed by atoms with van der Waals surface area (Å²) in [6.45, 7) is 11.7. The first-order valence-corrected chi connectivity index (χ1v) is 14.5. The zero-order valence-electron chi connectivity index (χ0n) is 25.2. The van der Waals surface area contributed by atoms with E-state index in [2.05, 4.69) is 30.3 Å². The lowest BCUT2D eigenvalue weighted by Crippen LogP contribution is -2.45. The molecule has 0 fully saturated rings. The average molecular weight is 566 g/mol. The van der Waals surface area contributed by atoms with Crippen LogP contribution in [0.3, 0.4) is 0 Å². The zero-order valence-corrected chi connectivity index (χ0v) is 25.2. The molecular formula is C36H39NO5. The first-order chi connectivity index (χ1) is 19.9. The topological polar surface area (TPSA) is 76.1 Å². The van der Waals surface area contributed by atoms with E-state index in [0.717, 1.165) is 44.3 Å². The molecule has 6 heteroatoms. The molecule has 0 aliphatic carbocycles. The van der Waals surface area contributed by atoms with Gasteiger partial charge in [-0.2, -0.15) is 0 Å². The normalized spacial score (nSPS) is 17.2. The van der Waals surface area contributed by atoms with Crippen molar-refractivity contribution in [2.45, 2.75) is 71.6 Å². The second kappa shape index (κ2) is 11.5. The van der Waals surface area contributed by atoms with Crippen molar-refractivity contribution in [3.05, 3.63) is 112 Å². The van der Waals surface area contributed by atoms with Crippen molar-refractivity contribution in [2.75, 3.05) is 6.54 Å². The molecule has 0 radical (unpaired) electrons. The molecule has 0 saturated heterocycles. The molecule has 6 nitrogen and oxygen atoms in total. The van der Waals surface area contributed by atoms with Gasteiger partial charge in [-0.1, -0.05) is 66.7 Å². The third kappa shape index (κ3) is 5.98. The minimum Gasteiger partial charge on any atom is -0.488 e. The molecule has 1 aliphatic rings. The number of amides is 1. The Morgan fingerprint density at radius 3 is 2.43 bits per heavy atom. The van der Waals surface area contributed by atoms with Crippen LogP contribution in [0.25, 0.3) is 10.8 Å². The fourth-order valence-corrected chi connectivity index (χ4v) is 5.94. The second-order valence-electron chi connectivity index (χ2n) is 12.3. The van der Waals surface area contributed by atoms with Crippen LogP contribution < -0.4 is 4.74 Å². The van der Waals surface area contributed by atoms with Crippen LogP contribution in [-0.2, 0) is 4.74 Å². The number of carbonyl (C=O) groups is 2. The number of benzene rings is 4. The monoisotopic (exact) mass is 565 g/mol. The summed E-state index contributed by atoms with van der Waals surface area (Å²) in [5, 5.41) is 12.1. The number of hydrogen-bond acceptors (Lipinski definition) is 4. The Morgan fingerprint density at radius 1 is 1.00 bits per heavy atom. The summed E-state index contributed by atoms with van der Waals surface area (Å²) in [6.07, 6.45) is -0.161. The van der Waals surface area contributed by atoms with E-state index >= 15 is 0 Å². The van der Waals surface area contributed by atoms with Crippen molar-refractivity contribution in [1.82, 2.24) is 4.90 Å². The third-order valence-corrected chi connectivity index (χ3v) is 8.18. The van der Waals surface area contributed by atoms with Crippen LogP contribution in [0.15, 0.2) is 78.9 Å². The second-order valence-corrected chi connectivity index (χ2v) is 12.3. The van der Waals surface area contributed by atoms with E-state index in [1.54, 1.807) is 11.0 Å². The molecule has 0 saturated carbocycles. The van der Waals surface area contributed by atoms with Gasteiger partial charge < -0.3 is 14.6 Å². The SMILES string of the molecule is Cc1cc(C2C[C@H](CN(C(=O)OC(C)(C)C)[C@H](C)c3cccc4ccccc34)Oc3ccccc32)cc(C(=O)O)c1C. The molecule has 1 aliphatic heterocycles. The van der Waals surface area contributed by atoms with Gasteiger partial charge >= 0.3 is 12.1 Å². The lowest BCUT2D eigenvalue weighted by Gasteiger charge is -2.38. The Morgan fingerprint density at radius 2 is 1.69 bits per heavy atom. The van der Waals surface area contributed by atoms with Crippen LogP contribution in [0, 0.1) is 13.8 Å². The van der Waals surface area contributed by atoms with E-state index in [0.29, 0.717) is 18.5 Å². The third-order valence-electron chi connectivity index (χ3n) is 8.18. The zero-order chi connectivity index (χ0) is 30.2. The number of nitrogens with zero attached hydrogens (tertiary/aromatic N) is 1. The summed E-state index contributed by atoms with van der Waals surface area (Å²) >= 11 is 0. The number of carbonyl (C=O) groups excluding carboxylic acids is 1. The fourth-order valence-electron chi connectivity index (χ4n) is 5.94. The van der Waals surface area contributed by atoms with Crippen LogP contribution in [0.4, 0.5) is 4.79 Å². The number of aryl methyl sites for hydroxylation is 1. The molecule has 42 heavy (non-hydrogen) atoms. The number of rotatable bonds is 6.